The zero-order valence-electron chi connectivity index (χ0n) is 9.73. The Balaban J connectivity index is 2.17. The molecule has 0 saturated heterocycles. The van der Waals surface area contributed by atoms with Crippen molar-refractivity contribution in [2.45, 2.75) is 6.54 Å². The van der Waals surface area contributed by atoms with E-state index >= 15 is 0 Å². The van der Waals surface area contributed by atoms with Crippen molar-refractivity contribution < 1.29 is 19.5 Å². The maximum absolute atomic E-state index is 11.3. The van der Waals surface area contributed by atoms with E-state index in [-0.39, 0.29) is 6.54 Å². The van der Waals surface area contributed by atoms with E-state index in [4.69, 9.17) is 5.11 Å². The first-order chi connectivity index (χ1) is 8.97. The van der Waals surface area contributed by atoms with E-state index in [1.54, 1.807) is 0 Å². The predicted octanol–water partition coefficient (Wildman–Crippen LogP) is 0.511. The van der Waals surface area contributed by atoms with Crippen LogP contribution in [0.1, 0.15) is 4.88 Å². The van der Waals surface area contributed by atoms with Crippen molar-refractivity contribution in [2.75, 3.05) is 13.1 Å². The van der Waals surface area contributed by atoms with E-state index < -0.39 is 24.5 Å². The van der Waals surface area contributed by atoms with Gasteiger partial charge in [-0.25, -0.2) is 4.79 Å². The van der Waals surface area contributed by atoms with Gasteiger partial charge in [-0.1, -0.05) is 0 Å². The second-order valence-electron chi connectivity index (χ2n) is 3.44. The smallest absolute Gasteiger partial charge is 0.322 e. The second-order valence-corrected chi connectivity index (χ2v) is 5.35. The molecule has 0 saturated carbocycles. The number of nitrogens with one attached hydrogen (secondary N) is 3. The molecule has 0 aliphatic carbocycles. The van der Waals surface area contributed by atoms with Crippen molar-refractivity contribution in [3.8, 4) is 0 Å². The Morgan fingerprint density at radius 3 is 2.53 bits per heavy atom. The number of carboxylic acids is 1. The normalized spacial score (nSPS) is 9.74. The summed E-state index contributed by atoms with van der Waals surface area (Å²) in [6, 6.07) is 1.39. The molecule has 7 nitrogen and oxygen atoms in total. The summed E-state index contributed by atoms with van der Waals surface area (Å²) in [7, 11) is 0. The van der Waals surface area contributed by atoms with Gasteiger partial charge in [-0.2, -0.15) is 0 Å². The van der Waals surface area contributed by atoms with Crippen LogP contribution >= 0.6 is 27.3 Å². The minimum atomic E-state index is -1.14. The van der Waals surface area contributed by atoms with Crippen molar-refractivity contribution in [1.82, 2.24) is 16.0 Å². The van der Waals surface area contributed by atoms with Gasteiger partial charge in [0.25, 0.3) is 0 Å². The Labute approximate surface area is 121 Å². The number of hydrogen-bond donors (Lipinski definition) is 4. The van der Waals surface area contributed by atoms with Crippen LogP contribution in [0.2, 0.25) is 0 Å². The Morgan fingerprint density at radius 2 is 1.95 bits per heavy atom. The fourth-order valence-electron chi connectivity index (χ4n) is 1.07. The van der Waals surface area contributed by atoms with Crippen LogP contribution in [0.25, 0.3) is 0 Å². The average Bonchev–Trinajstić information content (AvgIpc) is 2.77. The number of aliphatic carboxylic acids is 1. The number of amides is 3. The van der Waals surface area contributed by atoms with Crippen molar-refractivity contribution in [3.63, 3.8) is 0 Å². The predicted molar refractivity (Wildman–Crippen MR) is 72.9 cm³/mol. The van der Waals surface area contributed by atoms with Crippen LogP contribution in [0.3, 0.4) is 0 Å². The summed E-state index contributed by atoms with van der Waals surface area (Å²) < 4.78 is 0.947. The Kier molecular flexibility index (Phi) is 6.30. The maximum atomic E-state index is 11.3. The molecular weight excluding hydrogens is 338 g/mol. The summed E-state index contributed by atoms with van der Waals surface area (Å²) in [6.07, 6.45) is 0. The SMILES string of the molecule is O=C(O)CNC(=O)CNC(=O)NCc1cc(Br)cs1. The highest BCUT2D eigenvalue weighted by molar-refractivity contribution is 9.10. The van der Waals surface area contributed by atoms with Gasteiger partial charge >= 0.3 is 12.0 Å². The molecule has 1 rings (SSSR count). The van der Waals surface area contributed by atoms with Gasteiger partial charge in [0.2, 0.25) is 5.91 Å². The van der Waals surface area contributed by atoms with Gasteiger partial charge in [-0.15, -0.1) is 11.3 Å². The van der Waals surface area contributed by atoms with Crippen LogP contribution in [-0.4, -0.2) is 36.1 Å². The van der Waals surface area contributed by atoms with E-state index in [9.17, 15) is 14.4 Å². The van der Waals surface area contributed by atoms with E-state index in [1.807, 2.05) is 11.4 Å². The number of halogens is 1. The highest BCUT2D eigenvalue weighted by Crippen LogP contribution is 2.19. The molecule has 0 atom stereocenters. The first kappa shape index (κ1) is 15.4. The van der Waals surface area contributed by atoms with Crippen LogP contribution in [0, 0.1) is 0 Å². The van der Waals surface area contributed by atoms with Gasteiger partial charge in [0.15, 0.2) is 0 Å². The topological polar surface area (TPSA) is 108 Å². The number of carbonyl (C=O) groups is 3. The number of thiophene rings is 1. The zero-order chi connectivity index (χ0) is 14.3. The van der Waals surface area contributed by atoms with Gasteiger partial charge in [0.1, 0.15) is 6.54 Å². The fourth-order valence-corrected chi connectivity index (χ4v) is 2.46. The Morgan fingerprint density at radius 1 is 1.21 bits per heavy atom. The highest BCUT2D eigenvalue weighted by Gasteiger charge is 2.06. The van der Waals surface area contributed by atoms with Crippen LogP contribution in [-0.2, 0) is 16.1 Å². The Bertz CT molecular complexity index is 477. The molecule has 9 heteroatoms. The number of carboxylic acid groups (broad SMARTS) is 1. The van der Waals surface area contributed by atoms with Crippen molar-refractivity contribution in [2.24, 2.45) is 0 Å². The van der Waals surface area contributed by atoms with Gasteiger partial charge in [-0.3, -0.25) is 9.59 Å². The maximum Gasteiger partial charge on any atom is 0.322 e. The molecule has 0 aliphatic heterocycles. The fraction of sp³-hybridized carbons (Fsp3) is 0.300. The number of urea groups is 1. The van der Waals surface area contributed by atoms with Crippen LogP contribution in [0.15, 0.2) is 15.9 Å². The standard InChI is InChI=1S/C10H12BrN3O4S/c11-6-1-7(19-5-6)2-13-10(18)14-3-8(15)12-4-9(16)17/h1,5H,2-4H2,(H,12,15)(H,16,17)(H2,13,14,18). The first-order valence-corrected chi connectivity index (χ1v) is 6.87. The van der Waals surface area contributed by atoms with Crippen molar-refractivity contribution in [1.29, 1.82) is 0 Å². The summed E-state index contributed by atoms with van der Waals surface area (Å²) in [5.74, 6) is -1.70. The molecule has 0 spiro atoms. The third kappa shape index (κ3) is 6.77. The molecule has 0 aliphatic rings. The lowest BCUT2D eigenvalue weighted by atomic mass is 10.4. The second kappa shape index (κ2) is 7.74. The first-order valence-electron chi connectivity index (χ1n) is 5.20. The zero-order valence-corrected chi connectivity index (χ0v) is 12.1. The summed E-state index contributed by atoms with van der Waals surface area (Å²) in [5.41, 5.74) is 0. The lowest BCUT2D eigenvalue weighted by molar-refractivity contribution is -0.137. The number of hydrogen-bond acceptors (Lipinski definition) is 4. The molecule has 0 unspecified atom stereocenters. The van der Waals surface area contributed by atoms with Gasteiger partial charge in [0, 0.05) is 14.7 Å². The molecule has 104 valence electrons. The van der Waals surface area contributed by atoms with Crippen LogP contribution < -0.4 is 16.0 Å². The van der Waals surface area contributed by atoms with Gasteiger partial charge in [-0.05, 0) is 22.0 Å². The lowest BCUT2D eigenvalue weighted by Crippen LogP contribution is -2.42. The van der Waals surface area contributed by atoms with Crippen LogP contribution in [0.4, 0.5) is 4.79 Å². The summed E-state index contributed by atoms with van der Waals surface area (Å²) in [5, 5.41) is 17.3. The molecule has 1 aromatic heterocycles. The number of rotatable bonds is 6. The summed E-state index contributed by atoms with van der Waals surface area (Å²) >= 11 is 4.79. The minimum absolute atomic E-state index is 0.271. The average molecular weight is 350 g/mol. The molecule has 1 aromatic rings. The quantitative estimate of drug-likeness (QED) is 0.600. The third-order valence-electron chi connectivity index (χ3n) is 1.89. The minimum Gasteiger partial charge on any atom is -0.480 e. The largest absolute Gasteiger partial charge is 0.480 e. The van der Waals surface area contributed by atoms with E-state index in [0.29, 0.717) is 6.54 Å². The molecule has 19 heavy (non-hydrogen) atoms. The molecule has 0 fully saturated rings. The van der Waals surface area contributed by atoms with Crippen molar-refractivity contribution >= 4 is 45.2 Å². The van der Waals surface area contributed by atoms with E-state index in [1.165, 1.54) is 11.3 Å². The third-order valence-corrected chi connectivity index (χ3v) is 3.59. The monoisotopic (exact) mass is 349 g/mol. The van der Waals surface area contributed by atoms with Gasteiger partial charge < -0.3 is 21.1 Å². The highest BCUT2D eigenvalue weighted by atomic mass is 79.9. The molecular formula is C10H12BrN3O4S. The summed E-state index contributed by atoms with van der Waals surface area (Å²) in [6.45, 7) is -0.378. The van der Waals surface area contributed by atoms with Crippen molar-refractivity contribution in [3.05, 3.63) is 20.8 Å². The lowest BCUT2D eigenvalue weighted by Gasteiger charge is -2.06. The molecule has 0 radical (unpaired) electrons. The summed E-state index contributed by atoms with van der Waals surface area (Å²) in [4.78, 5) is 33.6. The Hall–Kier alpha value is -1.61. The molecule has 1 heterocycles. The molecule has 0 bridgehead atoms. The molecule has 3 amide bonds. The molecule has 4 N–H and O–H groups in total. The van der Waals surface area contributed by atoms with Crippen LogP contribution in [0.5, 0.6) is 0 Å². The van der Waals surface area contributed by atoms with E-state index in [0.717, 1.165) is 9.35 Å². The van der Waals surface area contributed by atoms with Gasteiger partial charge in [0.05, 0.1) is 13.1 Å². The number of carbonyl (C=O) groups excluding carboxylic acids is 2. The molecule has 0 aromatic carbocycles. The van der Waals surface area contributed by atoms with E-state index in [2.05, 4.69) is 31.9 Å².